The number of carbonyl (C=O) groups is 1. The molecule has 1 aliphatic carbocycles. The quantitative estimate of drug-likeness (QED) is 0.426. The number of amides is 1. The monoisotopic (exact) mass is 460 g/mol. The fourth-order valence-corrected chi connectivity index (χ4v) is 4.44. The maximum Gasteiger partial charge on any atom is 0.272 e. The van der Waals surface area contributed by atoms with Crippen LogP contribution >= 0.6 is 22.9 Å². The molecule has 0 fully saturated rings. The lowest BCUT2D eigenvalue weighted by atomic mass is 10.1. The molecule has 10 heteroatoms. The summed E-state index contributed by atoms with van der Waals surface area (Å²) in [5.74, 6) is 0.0797. The normalized spacial score (nSPS) is 12.7. The molecule has 3 aromatic rings. The highest BCUT2D eigenvalue weighted by molar-refractivity contribution is 7.16. The molecule has 3 heterocycles. The first-order valence-electron chi connectivity index (χ1n) is 10.1. The molecule has 31 heavy (non-hydrogen) atoms. The zero-order valence-electron chi connectivity index (χ0n) is 16.8. The summed E-state index contributed by atoms with van der Waals surface area (Å²) in [5, 5.41) is 6.75. The Labute approximate surface area is 188 Å². The minimum Gasteiger partial charge on any atom is -0.345 e. The van der Waals surface area contributed by atoms with Crippen molar-refractivity contribution in [1.82, 2.24) is 30.6 Å². The van der Waals surface area contributed by atoms with Crippen LogP contribution in [-0.2, 0) is 25.8 Å². The van der Waals surface area contributed by atoms with Gasteiger partial charge in [-0.3, -0.25) is 9.78 Å². The van der Waals surface area contributed by atoms with Crippen molar-refractivity contribution in [3.63, 3.8) is 0 Å². The van der Waals surface area contributed by atoms with Crippen molar-refractivity contribution in [3.8, 4) is 0 Å². The number of aryl methyl sites for hydroxylation is 1. The molecule has 0 aliphatic heterocycles. The number of aromatic nitrogens is 4. The highest BCUT2D eigenvalue weighted by Crippen LogP contribution is 2.24. The Morgan fingerprint density at radius 1 is 1.29 bits per heavy atom. The third-order valence-electron chi connectivity index (χ3n) is 4.85. The molecule has 0 saturated heterocycles. The van der Waals surface area contributed by atoms with E-state index in [0.29, 0.717) is 17.3 Å². The lowest BCUT2D eigenvalue weighted by Crippen LogP contribution is -2.24. The van der Waals surface area contributed by atoms with E-state index in [1.165, 1.54) is 35.4 Å². The lowest BCUT2D eigenvalue weighted by Gasteiger charge is -2.04. The van der Waals surface area contributed by atoms with Crippen molar-refractivity contribution in [2.75, 3.05) is 13.1 Å². The van der Waals surface area contributed by atoms with Crippen molar-refractivity contribution < 1.29 is 9.18 Å². The van der Waals surface area contributed by atoms with Gasteiger partial charge < -0.3 is 15.6 Å². The number of thiazole rings is 1. The van der Waals surface area contributed by atoms with Gasteiger partial charge in [0, 0.05) is 37.8 Å². The summed E-state index contributed by atoms with van der Waals surface area (Å²) < 4.78 is 13.9. The van der Waals surface area contributed by atoms with Crippen molar-refractivity contribution in [1.29, 1.82) is 0 Å². The van der Waals surface area contributed by atoms with Crippen LogP contribution in [0.5, 0.6) is 0 Å². The summed E-state index contributed by atoms with van der Waals surface area (Å²) in [6, 6.07) is 2.80. The number of rotatable bonds is 9. The van der Waals surface area contributed by atoms with E-state index in [4.69, 9.17) is 11.6 Å². The largest absolute Gasteiger partial charge is 0.345 e. The second-order valence-corrected chi connectivity index (χ2v) is 8.77. The predicted molar refractivity (Wildman–Crippen MR) is 119 cm³/mol. The Morgan fingerprint density at radius 3 is 3.00 bits per heavy atom. The third-order valence-corrected chi connectivity index (χ3v) is 6.16. The number of nitrogens with zero attached hydrogens (tertiary/aromatic N) is 3. The number of allylic oxidation sites excluding steroid dienone is 1. The molecular weight excluding hydrogens is 439 g/mol. The number of carbonyl (C=O) groups excluding carboxylic acids is 1. The van der Waals surface area contributed by atoms with Crippen LogP contribution in [0.3, 0.4) is 0 Å². The number of halogens is 2. The smallest absolute Gasteiger partial charge is 0.272 e. The maximum atomic E-state index is 13.6. The van der Waals surface area contributed by atoms with E-state index in [2.05, 4.69) is 42.7 Å². The Kier molecular flexibility index (Phi) is 7.06. The van der Waals surface area contributed by atoms with E-state index < -0.39 is 11.7 Å². The van der Waals surface area contributed by atoms with Gasteiger partial charge in [-0.05, 0) is 31.1 Å². The summed E-state index contributed by atoms with van der Waals surface area (Å²) in [6.07, 6.45) is 9.24. The molecular formula is C21H22ClFN6OS. The van der Waals surface area contributed by atoms with Gasteiger partial charge in [0.25, 0.3) is 5.91 Å². The number of fused-ring (bicyclic) bond motifs is 1. The van der Waals surface area contributed by atoms with Crippen molar-refractivity contribution in [2.45, 2.75) is 32.2 Å². The van der Waals surface area contributed by atoms with E-state index in [-0.39, 0.29) is 17.9 Å². The first-order chi connectivity index (χ1) is 15.1. The van der Waals surface area contributed by atoms with Gasteiger partial charge in [0.1, 0.15) is 16.0 Å². The van der Waals surface area contributed by atoms with Gasteiger partial charge in [0.15, 0.2) is 5.69 Å². The predicted octanol–water partition coefficient (Wildman–Crippen LogP) is 3.32. The Balaban J connectivity index is 1.21. The van der Waals surface area contributed by atoms with Gasteiger partial charge in [0.2, 0.25) is 0 Å². The zero-order valence-corrected chi connectivity index (χ0v) is 18.3. The van der Waals surface area contributed by atoms with E-state index in [1.807, 2.05) is 0 Å². The fourth-order valence-electron chi connectivity index (χ4n) is 3.26. The van der Waals surface area contributed by atoms with Crippen LogP contribution < -0.4 is 10.6 Å². The molecule has 3 N–H and O–H groups in total. The number of hydrogen-bond donors (Lipinski definition) is 3. The highest BCUT2D eigenvalue weighted by Gasteiger charge is 2.17. The average molecular weight is 461 g/mol. The van der Waals surface area contributed by atoms with Crippen molar-refractivity contribution in [2.24, 2.45) is 0 Å². The fraction of sp³-hybridized carbons (Fsp3) is 0.333. The van der Waals surface area contributed by atoms with Gasteiger partial charge in [0.05, 0.1) is 22.9 Å². The van der Waals surface area contributed by atoms with E-state index in [0.717, 1.165) is 42.3 Å². The summed E-state index contributed by atoms with van der Waals surface area (Å²) in [6.45, 7) is 1.48. The van der Waals surface area contributed by atoms with E-state index in [9.17, 15) is 9.18 Å². The number of hydrogen-bond acceptors (Lipinski definition) is 6. The van der Waals surface area contributed by atoms with Crippen LogP contribution in [0.4, 0.5) is 4.39 Å². The summed E-state index contributed by atoms with van der Waals surface area (Å²) in [4.78, 5) is 28.6. The molecule has 0 unspecified atom stereocenters. The van der Waals surface area contributed by atoms with Crippen LogP contribution in [-0.4, -0.2) is 38.9 Å². The van der Waals surface area contributed by atoms with Gasteiger partial charge >= 0.3 is 0 Å². The van der Waals surface area contributed by atoms with Crippen molar-refractivity contribution >= 4 is 34.9 Å². The summed E-state index contributed by atoms with van der Waals surface area (Å²) in [7, 11) is 0. The zero-order chi connectivity index (χ0) is 21.6. The minimum atomic E-state index is -0.467. The number of H-pyrrole nitrogens is 1. The highest BCUT2D eigenvalue weighted by atomic mass is 35.5. The molecule has 0 radical (unpaired) electrons. The van der Waals surface area contributed by atoms with Gasteiger partial charge in [-0.1, -0.05) is 17.7 Å². The Morgan fingerprint density at radius 2 is 2.16 bits per heavy atom. The first-order valence-corrected chi connectivity index (χ1v) is 11.3. The molecule has 3 aromatic heterocycles. The van der Waals surface area contributed by atoms with Crippen LogP contribution in [0.25, 0.3) is 6.08 Å². The second kappa shape index (κ2) is 10.1. The molecule has 0 saturated carbocycles. The van der Waals surface area contributed by atoms with Gasteiger partial charge in [-0.2, -0.15) is 0 Å². The van der Waals surface area contributed by atoms with Gasteiger partial charge in [-0.15, -0.1) is 11.3 Å². The standard InChI is InChI=1S/C21H22ClFN6OS/c22-20-19(21(30)26-12-16-13(23)4-3-9-25-16)29-18(31-20)8-11-24-10-7-17-27-14-5-1-2-6-15(14)28-17/h1,3-5,9,24H,2,6-8,10-12H2,(H,26,30)(H,27,28). The molecule has 4 rings (SSSR count). The molecule has 1 aliphatic rings. The topological polar surface area (TPSA) is 95.6 Å². The molecule has 162 valence electrons. The minimum absolute atomic E-state index is 0.0255. The second-order valence-electron chi connectivity index (χ2n) is 7.08. The average Bonchev–Trinajstić information content (AvgIpc) is 3.35. The summed E-state index contributed by atoms with van der Waals surface area (Å²) in [5.41, 5.74) is 2.59. The van der Waals surface area contributed by atoms with E-state index >= 15 is 0 Å². The number of imidazole rings is 1. The lowest BCUT2D eigenvalue weighted by molar-refractivity contribution is 0.0945. The first kappa shape index (κ1) is 21.6. The maximum absolute atomic E-state index is 13.6. The van der Waals surface area contributed by atoms with Crippen LogP contribution in [0.15, 0.2) is 24.4 Å². The number of pyridine rings is 1. The van der Waals surface area contributed by atoms with Crippen LogP contribution in [0.1, 0.15) is 44.8 Å². The van der Waals surface area contributed by atoms with Gasteiger partial charge in [-0.25, -0.2) is 14.4 Å². The molecule has 7 nitrogen and oxygen atoms in total. The van der Waals surface area contributed by atoms with Crippen LogP contribution in [0.2, 0.25) is 4.34 Å². The summed E-state index contributed by atoms with van der Waals surface area (Å²) >= 11 is 7.47. The molecule has 0 atom stereocenters. The van der Waals surface area contributed by atoms with E-state index in [1.54, 1.807) is 0 Å². The molecule has 0 spiro atoms. The third kappa shape index (κ3) is 5.55. The number of aromatic amines is 1. The Bertz CT molecular complexity index is 1100. The van der Waals surface area contributed by atoms with Crippen molar-refractivity contribution in [3.05, 3.63) is 68.2 Å². The SMILES string of the molecule is O=C(NCc1ncccc1F)c1nc(CCNCCc2nc3c([nH]2)CCC=C3)sc1Cl. The van der Waals surface area contributed by atoms with Crippen LogP contribution in [0, 0.1) is 5.82 Å². The molecule has 0 bridgehead atoms. The molecule has 0 aromatic carbocycles. The Hall–Kier alpha value is -2.62. The number of nitrogens with one attached hydrogen (secondary N) is 3. The molecule has 1 amide bonds.